The first-order valence-electron chi connectivity index (χ1n) is 5.36. The molecule has 0 radical (unpaired) electrons. The van der Waals surface area contributed by atoms with Crippen LogP contribution < -0.4 is 0 Å². The third-order valence-corrected chi connectivity index (χ3v) is 3.23. The average Bonchev–Trinajstić information content (AvgIpc) is 2.41. The summed E-state index contributed by atoms with van der Waals surface area (Å²) in [6, 6.07) is 3.19. The van der Waals surface area contributed by atoms with Gasteiger partial charge in [0.15, 0.2) is 0 Å². The Kier molecular flexibility index (Phi) is 13.4. The Hall–Kier alpha value is -0.450. The number of carbonyl (C=O) groups is 1. The third kappa shape index (κ3) is 9.45. The first kappa shape index (κ1) is 21.8. The van der Waals surface area contributed by atoms with Gasteiger partial charge in [0.1, 0.15) is 0 Å². The van der Waals surface area contributed by atoms with Gasteiger partial charge in [-0.25, -0.2) is 4.79 Å². The minimum atomic E-state index is -0.347. The number of hydrogen-bond donors (Lipinski definition) is 1. The van der Waals surface area contributed by atoms with E-state index in [0.717, 1.165) is 0 Å². The third-order valence-electron chi connectivity index (χ3n) is 1.52. The van der Waals surface area contributed by atoms with Gasteiger partial charge in [0, 0.05) is 12.2 Å². The number of hydrogen-bond acceptors (Lipinski definition) is 3. The summed E-state index contributed by atoms with van der Waals surface area (Å²) in [5.41, 5.74) is 0.433. The van der Waals surface area contributed by atoms with Gasteiger partial charge in [-0.05, 0) is 26.0 Å². The molecule has 0 saturated carbocycles. The second-order valence-electron chi connectivity index (χ2n) is 3.25. The highest BCUT2D eigenvalue weighted by atomic mass is 35.5. The molecule has 1 aromatic carbocycles. The van der Waals surface area contributed by atoms with Crippen molar-refractivity contribution in [1.29, 1.82) is 0 Å². The Bertz CT molecular complexity index is 420. The second kappa shape index (κ2) is 12.3. The van der Waals surface area contributed by atoms with Gasteiger partial charge in [-0.3, -0.25) is 0 Å². The van der Waals surface area contributed by atoms with Gasteiger partial charge in [-0.2, -0.15) is 0 Å². The highest BCUT2D eigenvalue weighted by Gasteiger charge is 2.05. The van der Waals surface area contributed by atoms with Crippen LogP contribution >= 0.6 is 46.4 Å². The normalized spacial score (nSPS) is 8.60. The molecule has 3 nitrogen and oxygen atoms in total. The summed E-state index contributed by atoms with van der Waals surface area (Å²) in [5.74, 6) is -0.347. The fraction of sp³-hybridized carbons (Fsp3) is 0.308. The van der Waals surface area contributed by atoms with Crippen LogP contribution in [0.5, 0.6) is 0 Å². The first-order valence-corrected chi connectivity index (χ1v) is 6.87. The predicted octanol–water partition coefficient (Wildman–Crippen LogP) is 5.03. The molecule has 0 heterocycles. The van der Waals surface area contributed by atoms with E-state index >= 15 is 0 Å². The van der Waals surface area contributed by atoms with Gasteiger partial charge in [0.2, 0.25) is 0 Å². The van der Waals surface area contributed by atoms with E-state index in [4.69, 9.17) is 51.5 Å². The lowest BCUT2D eigenvalue weighted by atomic mass is 10.4. The molecular formula is C13H16Cl4O3. The molecule has 1 rings (SSSR count). The van der Waals surface area contributed by atoms with Gasteiger partial charge in [-0.15, -0.1) is 0 Å². The van der Waals surface area contributed by atoms with Crippen LogP contribution in [0.1, 0.15) is 13.8 Å². The summed E-state index contributed by atoms with van der Waals surface area (Å²) < 4.78 is 4.27. The Labute approximate surface area is 139 Å². The number of aliphatic hydroxyl groups is 1. The molecule has 0 bridgehead atoms. The molecule has 7 heteroatoms. The number of aliphatic hydroxyl groups excluding tert-OH is 1. The molecule has 0 amide bonds. The highest BCUT2D eigenvalue weighted by molar-refractivity contribution is 6.51. The number of esters is 1. The van der Waals surface area contributed by atoms with E-state index in [0.29, 0.717) is 25.7 Å². The van der Waals surface area contributed by atoms with E-state index in [-0.39, 0.29) is 12.6 Å². The number of halogens is 4. The first-order chi connectivity index (χ1) is 9.22. The van der Waals surface area contributed by atoms with Crippen molar-refractivity contribution >= 4 is 52.4 Å². The van der Waals surface area contributed by atoms with Gasteiger partial charge in [-0.1, -0.05) is 53.0 Å². The van der Waals surface area contributed by atoms with Crippen molar-refractivity contribution in [2.75, 3.05) is 13.7 Å². The monoisotopic (exact) mass is 360 g/mol. The number of carbonyl (C=O) groups excluding carboxylic acids is 1. The zero-order valence-electron chi connectivity index (χ0n) is 11.3. The zero-order valence-corrected chi connectivity index (χ0v) is 14.4. The van der Waals surface area contributed by atoms with Crippen molar-refractivity contribution in [3.8, 4) is 0 Å². The predicted molar refractivity (Wildman–Crippen MR) is 86.1 cm³/mol. The molecule has 0 spiro atoms. The molecule has 0 aliphatic heterocycles. The zero-order chi connectivity index (χ0) is 16.3. The second-order valence-corrected chi connectivity index (χ2v) is 4.82. The molecule has 1 N–H and O–H groups in total. The molecule has 20 heavy (non-hydrogen) atoms. The molecular weight excluding hydrogens is 346 g/mol. The molecule has 0 aromatic heterocycles. The summed E-state index contributed by atoms with van der Waals surface area (Å²) >= 11 is 22.5. The standard InChI is InChI=1S/C6H2Cl4.C5H8O2.C2H6O/c7-3-1-2-4(8)6(10)5(3)9;1-4(2)5(6)7-3;1-2-3/h1-2H;1H2,2-3H3;3H,2H2,1H3. The minimum absolute atomic E-state index is 0.250. The van der Waals surface area contributed by atoms with Crippen LogP contribution in [0.3, 0.4) is 0 Å². The maximum atomic E-state index is 10.2. The topological polar surface area (TPSA) is 46.5 Å². The van der Waals surface area contributed by atoms with Crippen LogP contribution in [0.2, 0.25) is 20.1 Å². The lowest BCUT2D eigenvalue weighted by Crippen LogP contribution is -1.98. The number of ether oxygens (including phenoxy) is 1. The molecule has 0 atom stereocenters. The molecule has 1 aromatic rings. The van der Waals surface area contributed by atoms with Crippen molar-refractivity contribution in [2.24, 2.45) is 0 Å². The van der Waals surface area contributed by atoms with Crippen molar-refractivity contribution in [3.05, 3.63) is 44.4 Å². The van der Waals surface area contributed by atoms with Crippen LogP contribution in [-0.4, -0.2) is 24.8 Å². The lowest BCUT2D eigenvalue weighted by molar-refractivity contribution is -0.136. The van der Waals surface area contributed by atoms with E-state index in [2.05, 4.69) is 11.3 Å². The van der Waals surface area contributed by atoms with Crippen molar-refractivity contribution in [1.82, 2.24) is 0 Å². The van der Waals surface area contributed by atoms with E-state index in [9.17, 15) is 4.79 Å². The van der Waals surface area contributed by atoms with Crippen molar-refractivity contribution < 1.29 is 14.6 Å². The maximum absolute atomic E-state index is 10.2. The quantitative estimate of drug-likeness (QED) is 0.330. The largest absolute Gasteiger partial charge is 0.466 e. The number of methoxy groups -OCH3 is 1. The Morgan fingerprint density at radius 2 is 1.50 bits per heavy atom. The van der Waals surface area contributed by atoms with Gasteiger partial charge in [0.25, 0.3) is 0 Å². The van der Waals surface area contributed by atoms with Crippen molar-refractivity contribution in [3.63, 3.8) is 0 Å². The number of rotatable bonds is 1. The summed E-state index contributed by atoms with van der Waals surface area (Å²) in [6.07, 6.45) is 0. The number of benzene rings is 1. The summed E-state index contributed by atoms with van der Waals surface area (Å²) in [5, 5.41) is 9.00. The molecule has 0 unspecified atom stereocenters. The van der Waals surface area contributed by atoms with E-state index < -0.39 is 0 Å². The Morgan fingerprint density at radius 1 is 1.20 bits per heavy atom. The minimum Gasteiger partial charge on any atom is -0.466 e. The van der Waals surface area contributed by atoms with Gasteiger partial charge in [0.05, 0.1) is 27.2 Å². The van der Waals surface area contributed by atoms with E-state index in [1.807, 2.05) is 0 Å². The molecule has 0 aliphatic rings. The van der Waals surface area contributed by atoms with Gasteiger partial charge < -0.3 is 9.84 Å². The SMILES string of the molecule is C=C(C)C(=O)OC.CCO.Clc1ccc(Cl)c(Cl)c1Cl. The van der Waals surface area contributed by atoms with Crippen LogP contribution in [0, 0.1) is 0 Å². The maximum Gasteiger partial charge on any atom is 0.332 e. The highest BCUT2D eigenvalue weighted by Crippen LogP contribution is 2.34. The molecule has 114 valence electrons. The van der Waals surface area contributed by atoms with Crippen molar-refractivity contribution in [2.45, 2.75) is 13.8 Å². The fourth-order valence-electron chi connectivity index (χ4n) is 0.677. The molecule has 0 fully saturated rings. The molecule has 0 aliphatic carbocycles. The van der Waals surface area contributed by atoms with Crippen LogP contribution in [0.15, 0.2) is 24.3 Å². The van der Waals surface area contributed by atoms with Crippen LogP contribution in [-0.2, 0) is 9.53 Å². The van der Waals surface area contributed by atoms with Gasteiger partial charge >= 0.3 is 5.97 Å². The molecule has 0 saturated heterocycles. The Morgan fingerprint density at radius 3 is 1.65 bits per heavy atom. The summed E-state index contributed by atoms with van der Waals surface area (Å²) in [7, 11) is 1.33. The van der Waals surface area contributed by atoms with E-state index in [1.54, 1.807) is 26.0 Å². The lowest BCUT2D eigenvalue weighted by Gasteiger charge is -1.98. The average molecular weight is 362 g/mol. The van der Waals surface area contributed by atoms with E-state index in [1.165, 1.54) is 7.11 Å². The summed E-state index contributed by atoms with van der Waals surface area (Å²) in [6.45, 7) is 6.88. The smallest absolute Gasteiger partial charge is 0.332 e. The van der Waals surface area contributed by atoms with Crippen LogP contribution in [0.25, 0.3) is 0 Å². The Balaban J connectivity index is 0. The summed E-state index contributed by atoms with van der Waals surface area (Å²) in [4.78, 5) is 10.2. The fourth-order valence-corrected chi connectivity index (χ4v) is 1.42. The van der Waals surface area contributed by atoms with Crippen LogP contribution in [0.4, 0.5) is 0 Å².